The molecule has 6 nitrogen and oxygen atoms in total. The molecule has 5 rings (SSSR count). The second-order valence-electron chi connectivity index (χ2n) is 7.55. The van der Waals surface area contributed by atoms with E-state index in [2.05, 4.69) is 32.7 Å². The number of nitrogens with zero attached hydrogens (tertiary/aromatic N) is 3. The number of thiazole rings is 1. The van der Waals surface area contributed by atoms with Gasteiger partial charge in [-0.05, 0) is 50.2 Å². The van der Waals surface area contributed by atoms with Gasteiger partial charge in [0.1, 0.15) is 11.3 Å². The van der Waals surface area contributed by atoms with Crippen LogP contribution in [-0.2, 0) is 4.79 Å². The van der Waals surface area contributed by atoms with Gasteiger partial charge in [-0.15, -0.1) is 11.3 Å². The first-order chi connectivity index (χ1) is 14.7. The van der Waals surface area contributed by atoms with Gasteiger partial charge in [0.05, 0.1) is 11.6 Å². The number of aromatic nitrogens is 2. The summed E-state index contributed by atoms with van der Waals surface area (Å²) in [6, 6.07) is 13.7. The van der Waals surface area contributed by atoms with E-state index in [9.17, 15) is 4.79 Å². The quantitative estimate of drug-likeness (QED) is 0.505. The first kappa shape index (κ1) is 19.0. The van der Waals surface area contributed by atoms with E-state index < -0.39 is 0 Å². The number of likely N-dealkylation sites (tertiary alicyclic amines) is 1. The molecule has 1 amide bonds. The predicted molar refractivity (Wildman–Crippen MR) is 119 cm³/mol. The Morgan fingerprint density at radius 3 is 2.77 bits per heavy atom. The Labute approximate surface area is 178 Å². The van der Waals surface area contributed by atoms with Crippen molar-refractivity contribution in [3.05, 3.63) is 65.2 Å². The number of para-hydroxylation sites is 1. The number of rotatable bonds is 5. The predicted octanol–water partition coefficient (Wildman–Crippen LogP) is 4.77. The lowest BCUT2D eigenvalue weighted by Gasteiger charge is -2.30. The number of piperidine rings is 1. The number of pyridine rings is 1. The van der Waals surface area contributed by atoms with Crippen molar-refractivity contribution in [3.8, 4) is 11.5 Å². The van der Waals surface area contributed by atoms with Crippen LogP contribution in [0.3, 0.4) is 0 Å². The van der Waals surface area contributed by atoms with Crippen LogP contribution in [0.5, 0.6) is 0 Å². The average molecular weight is 419 g/mol. The number of furan rings is 1. The normalized spacial score (nSPS) is 15.5. The van der Waals surface area contributed by atoms with Gasteiger partial charge in [0.15, 0.2) is 5.76 Å². The molecule has 0 aliphatic carbocycles. The lowest BCUT2D eigenvalue weighted by Crippen LogP contribution is -2.38. The minimum atomic E-state index is 0.0149. The summed E-state index contributed by atoms with van der Waals surface area (Å²) in [6.45, 7) is 2.21. The first-order valence-corrected chi connectivity index (χ1v) is 11.0. The van der Waals surface area contributed by atoms with Crippen LogP contribution in [0.4, 0.5) is 5.69 Å². The summed E-state index contributed by atoms with van der Waals surface area (Å²) < 4.78 is 5.95. The molecule has 0 saturated carbocycles. The summed E-state index contributed by atoms with van der Waals surface area (Å²) in [5, 5.41) is 7.26. The van der Waals surface area contributed by atoms with Crippen molar-refractivity contribution in [3.63, 3.8) is 0 Å². The zero-order chi connectivity index (χ0) is 20.3. The Morgan fingerprint density at radius 1 is 1.17 bits per heavy atom. The van der Waals surface area contributed by atoms with Gasteiger partial charge in [0, 0.05) is 34.8 Å². The van der Waals surface area contributed by atoms with Crippen LogP contribution < -0.4 is 5.32 Å². The molecule has 30 heavy (non-hydrogen) atoms. The molecule has 1 aliphatic heterocycles. The van der Waals surface area contributed by atoms with Gasteiger partial charge in [0.25, 0.3) is 0 Å². The molecule has 152 valence electrons. The third-order valence-corrected chi connectivity index (χ3v) is 6.48. The Morgan fingerprint density at radius 2 is 1.97 bits per heavy atom. The van der Waals surface area contributed by atoms with Crippen molar-refractivity contribution >= 4 is 33.9 Å². The van der Waals surface area contributed by atoms with Crippen molar-refractivity contribution in [1.29, 1.82) is 0 Å². The number of benzene rings is 1. The van der Waals surface area contributed by atoms with E-state index in [1.807, 2.05) is 18.2 Å². The molecule has 0 unspecified atom stereocenters. The van der Waals surface area contributed by atoms with Crippen LogP contribution in [-0.4, -0.2) is 40.4 Å². The fraction of sp³-hybridized carbons (Fsp3) is 0.261. The highest BCUT2D eigenvalue weighted by Gasteiger charge is 2.24. The second-order valence-corrected chi connectivity index (χ2v) is 8.44. The van der Waals surface area contributed by atoms with Crippen molar-refractivity contribution in [1.82, 2.24) is 14.9 Å². The maximum absolute atomic E-state index is 12.3. The summed E-state index contributed by atoms with van der Waals surface area (Å²) in [6.07, 6.45) is 5.37. The highest BCUT2D eigenvalue weighted by Crippen LogP contribution is 2.34. The Kier molecular flexibility index (Phi) is 5.29. The lowest BCUT2D eigenvalue weighted by molar-refractivity contribution is -0.117. The number of nitrogens with one attached hydrogen (secondary N) is 1. The summed E-state index contributed by atoms with van der Waals surface area (Å²) >= 11 is 1.70. The molecule has 1 aliphatic rings. The summed E-state index contributed by atoms with van der Waals surface area (Å²) in [4.78, 5) is 23.3. The van der Waals surface area contributed by atoms with E-state index in [4.69, 9.17) is 9.40 Å². The van der Waals surface area contributed by atoms with Gasteiger partial charge in [-0.25, -0.2) is 4.98 Å². The molecule has 1 aromatic carbocycles. The molecular formula is C23H22N4O2S. The molecule has 3 aromatic heterocycles. The summed E-state index contributed by atoms with van der Waals surface area (Å²) in [5.74, 6) is 1.28. The second kappa shape index (κ2) is 8.38. The number of amides is 1. The zero-order valence-corrected chi connectivity index (χ0v) is 17.3. The monoisotopic (exact) mass is 418 g/mol. The van der Waals surface area contributed by atoms with Gasteiger partial charge in [0.2, 0.25) is 5.91 Å². The fourth-order valence-electron chi connectivity index (χ4n) is 3.87. The Bertz CT molecular complexity index is 1110. The highest BCUT2D eigenvalue weighted by atomic mass is 32.1. The maximum Gasteiger partial charge on any atom is 0.238 e. The number of fused-ring (bicyclic) bond motifs is 1. The minimum Gasteiger partial charge on any atom is -0.454 e. The zero-order valence-electron chi connectivity index (χ0n) is 16.5. The van der Waals surface area contributed by atoms with Gasteiger partial charge >= 0.3 is 0 Å². The molecule has 1 saturated heterocycles. The molecule has 1 N–H and O–H groups in total. The van der Waals surface area contributed by atoms with E-state index in [0.29, 0.717) is 12.5 Å². The van der Waals surface area contributed by atoms with Gasteiger partial charge in [-0.2, -0.15) is 0 Å². The number of carbonyl (C=O) groups excluding carboxylic acids is 1. The third-order valence-electron chi connectivity index (χ3n) is 5.47. The van der Waals surface area contributed by atoms with Gasteiger partial charge in [-0.1, -0.05) is 18.2 Å². The smallest absolute Gasteiger partial charge is 0.238 e. The molecule has 0 radical (unpaired) electrons. The Balaban J connectivity index is 1.17. The van der Waals surface area contributed by atoms with Crippen molar-refractivity contribution in [2.45, 2.75) is 18.8 Å². The summed E-state index contributed by atoms with van der Waals surface area (Å²) in [5.41, 5.74) is 2.58. The van der Waals surface area contributed by atoms with Crippen LogP contribution in [0.2, 0.25) is 0 Å². The topological polar surface area (TPSA) is 71.3 Å². The van der Waals surface area contributed by atoms with Gasteiger partial charge in [-0.3, -0.25) is 14.7 Å². The molecule has 4 heterocycles. The fourth-order valence-corrected chi connectivity index (χ4v) is 4.85. The molecular weight excluding hydrogens is 396 g/mol. The van der Waals surface area contributed by atoms with Crippen molar-refractivity contribution in [2.75, 3.05) is 25.0 Å². The first-order valence-electron chi connectivity index (χ1n) is 10.1. The largest absolute Gasteiger partial charge is 0.454 e. The standard InChI is InChI=1S/C23H22N4O2S/c28-22(25-18-5-9-24-10-6-18)14-27-11-7-16(8-12-27)23-26-19(15-30-23)21-13-17-3-1-2-4-20(17)29-21/h1-6,9-10,13,15-16H,7-8,11-12,14H2,(H,24,25,28). The Hall–Kier alpha value is -3.03. The van der Waals surface area contributed by atoms with Crippen LogP contribution >= 0.6 is 11.3 Å². The van der Waals surface area contributed by atoms with E-state index >= 15 is 0 Å². The molecule has 7 heteroatoms. The minimum absolute atomic E-state index is 0.0149. The maximum atomic E-state index is 12.3. The molecule has 0 atom stereocenters. The molecule has 4 aromatic rings. The van der Waals surface area contributed by atoms with Crippen LogP contribution in [0.25, 0.3) is 22.4 Å². The van der Waals surface area contributed by atoms with Crippen LogP contribution in [0.15, 0.2) is 64.7 Å². The number of hydrogen-bond acceptors (Lipinski definition) is 6. The summed E-state index contributed by atoms with van der Waals surface area (Å²) in [7, 11) is 0. The molecule has 0 bridgehead atoms. The van der Waals surface area contributed by atoms with E-state index in [0.717, 1.165) is 59.0 Å². The van der Waals surface area contributed by atoms with Crippen molar-refractivity contribution in [2.24, 2.45) is 0 Å². The SMILES string of the molecule is O=C(CN1CCC(c2nc(-c3cc4ccccc4o3)cs2)CC1)Nc1ccncc1. The number of carbonyl (C=O) groups is 1. The van der Waals surface area contributed by atoms with Crippen LogP contribution in [0, 0.1) is 0 Å². The third kappa shape index (κ3) is 4.13. The van der Waals surface area contributed by atoms with E-state index in [1.54, 1.807) is 35.9 Å². The highest BCUT2D eigenvalue weighted by molar-refractivity contribution is 7.10. The van der Waals surface area contributed by atoms with Gasteiger partial charge < -0.3 is 9.73 Å². The number of anilines is 1. The number of hydrogen-bond donors (Lipinski definition) is 1. The van der Waals surface area contributed by atoms with Crippen LogP contribution in [0.1, 0.15) is 23.8 Å². The van der Waals surface area contributed by atoms with E-state index in [-0.39, 0.29) is 5.91 Å². The van der Waals surface area contributed by atoms with Crippen molar-refractivity contribution < 1.29 is 9.21 Å². The average Bonchev–Trinajstić information content (AvgIpc) is 3.42. The molecule has 1 fully saturated rings. The lowest BCUT2D eigenvalue weighted by atomic mass is 9.97. The van der Waals surface area contributed by atoms with E-state index in [1.165, 1.54) is 0 Å². The molecule has 0 spiro atoms.